The van der Waals surface area contributed by atoms with E-state index in [1.54, 1.807) is 0 Å². The van der Waals surface area contributed by atoms with Gasteiger partial charge in [0, 0.05) is 0 Å². The van der Waals surface area contributed by atoms with Gasteiger partial charge in [0.15, 0.2) is 0 Å². The molecular weight excluding hydrogens is 272 g/mol. The number of aliphatic carboxylic acids is 1. The molecule has 0 rings (SSSR count). The summed E-state index contributed by atoms with van der Waals surface area (Å²) in [6, 6.07) is 0. The van der Waals surface area contributed by atoms with Gasteiger partial charge in [-0.1, -0.05) is 91.9 Å². The third-order valence-corrected chi connectivity index (χ3v) is 5.03. The van der Waals surface area contributed by atoms with Crippen LogP contribution in [0.4, 0.5) is 0 Å². The van der Waals surface area contributed by atoms with E-state index < -0.39 is 11.4 Å². The quantitative estimate of drug-likeness (QED) is 0.337. The zero-order valence-electron chi connectivity index (χ0n) is 15.6. The highest BCUT2D eigenvalue weighted by atomic mass is 16.4. The second-order valence-electron chi connectivity index (χ2n) is 7.15. The Balaban J connectivity index is 4.88. The van der Waals surface area contributed by atoms with Crippen LogP contribution in [0.3, 0.4) is 0 Å². The van der Waals surface area contributed by atoms with Crippen LogP contribution in [0.1, 0.15) is 111 Å². The summed E-state index contributed by atoms with van der Waals surface area (Å²) in [6.07, 6.45) is 14.4. The SMILES string of the molecule is CCCCCC(CCC)CC(CCC)(CCCCC)C(=O)O. The minimum Gasteiger partial charge on any atom is -0.481 e. The van der Waals surface area contributed by atoms with Crippen LogP contribution < -0.4 is 0 Å². The topological polar surface area (TPSA) is 37.3 Å². The van der Waals surface area contributed by atoms with Gasteiger partial charge in [0.1, 0.15) is 0 Å². The maximum Gasteiger partial charge on any atom is 0.309 e. The summed E-state index contributed by atoms with van der Waals surface area (Å²) >= 11 is 0. The monoisotopic (exact) mass is 312 g/mol. The van der Waals surface area contributed by atoms with Crippen LogP contribution in [0.5, 0.6) is 0 Å². The third kappa shape index (κ3) is 8.19. The van der Waals surface area contributed by atoms with Gasteiger partial charge < -0.3 is 5.11 Å². The molecule has 0 fully saturated rings. The van der Waals surface area contributed by atoms with Crippen molar-refractivity contribution in [1.29, 1.82) is 0 Å². The molecule has 0 aromatic carbocycles. The highest BCUT2D eigenvalue weighted by Gasteiger charge is 2.38. The molecule has 0 aromatic heterocycles. The molecule has 0 aromatic rings. The molecule has 0 aliphatic heterocycles. The van der Waals surface area contributed by atoms with Crippen LogP contribution in [-0.2, 0) is 4.79 Å². The predicted molar refractivity (Wildman–Crippen MR) is 96.3 cm³/mol. The number of unbranched alkanes of at least 4 members (excludes halogenated alkanes) is 4. The molecule has 2 heteroatoms. The Kier molecular flexibility index (Phi) is 12.6. The lowest BCUT2D eigenvalue weighted by atomic mass is 9.70. The van der Waals surface area contributed by atoms with E-state index in [-0.39, 0.29) is 0 Å². The zero-order valence-corrected chi connectivity index (χ0v) is 15.6. The average Bonchev–Trinajstić information content (AvgIpc) is 2.47. The third-order valence-electron chi connectivity index (χ3n) is 5.03. The summed E-state index contributed by atoms with van der Waals surface area (Å²) in [4.78, 5) is 12.1. The molecule has 1 N–H and O–H groups in total. The summed E-state index contributed by atoms with van der Waals surface area (Å²) in [5, 5.41) is 9.94. The molecule has 22 heavy (non-hydrogen) atoms. The first-order chi connectivity index (χ1) is 10.6. The summed E-state index contributed by atoms with van der Waals surface area (Å²) in [6.45, 7) is 8.78. The molecule has 0 amide bonds. The Morgan fingerprint density at radius 1 is 0.818 bits per heavy atom. The Morgan fingerprint density at radius 3 is 1.95 bits per heavy atom. The van der Waals surface area contributed by atoms with Crippen LogP contribution in [0.15, 0.2) is 0 Å². The fourth-order valence-corrected chi connectivity index (χ4v) is 3.81. The van der Waals surface area contributed by atoms with Crippen LogP contribution in [0.2, 0.25) is 0 Å². The van der Waals surface area contributed by atoms with Gasteiger partial charge in [-0.3, -0.25) is 4.79 Å². The van der Waals surface area contributed by atoms with E-state index in [4.69, 9.17) is 0 Å². The minimum atomic E-state index is -0.540. The summed E-state index contributed by atoms with van der Waals surface area (Å²) in [5.74, 6) is 0.0582. The number of hydrogen-bond donors (Lipinski definition) is 1. The van der Waals surface area contributed by atoms with Gasteiger partial charge in [-0.2, -0.15) is 0 Å². The smallest absolute Gasteiger partial charge is 0.309 e. The highest BCUT2D eigenvalue weighted by molar-refractivity contribution is 5.74. The number of carbonyl (C=O) groups is 1. The molecule has 0 spiro atoms. The number of carboxylic acids is 1. The summed E-state index contributed by atoms with van der Waals surface area (Å²) in [5.41, 5.74) is -0.462. The maximum absolute atomic E-state index is 12.1. The molecule has 2 nitrogen and oxygen atoms in total. The standard InChI is InChI=1S/C20H40O2/c1-5-9-11-14-18(13-7-3)17-20(15-8-4,19(21)22)16-12-10-6-2/h18H,5-17H2,1-4H3,(H,21,22). The largest absolute Gasteiger partial charge is 0.481 e. The van der Waals surface area contributed by atoms with Crippen molar-refractivity contribution < 1.29 is 9.90 Å². The molecular formula is C20H40O2. The van der Waals surface area contributed by atoms with E-state index in [0.717, 1.165) is 44.9 Å². The molecule has 0 saturated heterocycles. The average molecular weight is 313 g/mol. The van der Waals surface area contributed by atoms with Crippen molar-refractivity contribution in [2.75, 3.05) is 0 Å². The van der Waals surface area contributed by atoms with E-state index in [1.807, 2.05) is 0 Å². The first-order valence-electron chi connectivity index (χ1n) is 9.79. The Hall–Kier alpha value is -0.530. The number of hydrogen-bond acceptors (Lipinski definition) is 1. The second kappa shape index (κ2) is 13.0. The fourth-order valence-electron chi connectivity index (χ4n) is 3.81. The number of rotatable bonds is 15. The van der Waals surface area contributed by atoms with Crippen molar-refractivity contribution in [2.45, 2.75) is 111 Å². The Bertz CT molecular complexity index is 275. The lowest BCUT2D eigenvalue weighted by Gasteiger charge is -2.33. The molecule has 0 heterocycles. The number of carboxylic acid groups (broad SMARTS) is 1. The molecule has 0 bridgehead atoms. The first kappa shape index (κ1) is 21.5. The van der Waals surface area contributed by atoms with Gasteiger partial charge in [0.05, 0.1) is 5.41 Å². The molecule has 132 valence electrons. The van der Waals surface area contributed by atoms with E-state index in [2.05, 4.69) is 27.7 Å². The van der Waals surface area contributed by atoms with E-state index >= 15 is 0 Å². The fraction of sp³-hybridized carbons (Fsp3) is 0.950. The maximum atomic E-state index is 12.1. The zero-order chi connectivity index (χ0) is 16.8. The van der Waals surface area contributed by atoms with Crippen molar-refractivity contribution in [3.8, 4) is 0 Å². The van der Waals surface area contributed by atoms with Crippen LogP contribution in [0, 0.1) is 11.3 Å². The normalized spacial score (nSPS) is 15.5. The lowest BCUT2D eigenvalue weighted by molar-refractivity contribution is -0.151. The van der Waals surface area contributed by atoms with Gasteiger partial charge in [-0.15, -0.1) is 0 Å². The lowest BCUT2D eigenvalue weighted by Crippen LogP contribution is -2.33. The summed E-state index contributed by atoms with van der Waals surface area (Å²) in [7, 11) is 0. The van der Waals surface area contributed by atoms with Crippen molar-refractivity contribution in [1.82, 2.24) is 0 Å². The van der Waals surface area contributed by atoms with E-state index in [1.165, 1.54) is 38.5 Å². The molecule has 2 unspecified atom stereocenters. The molecule has 0 aliphatic rings. The van der Waals surface area contributed by atoms with Gasteiger partial charge in [-0.25, -0.2) is 0 Å². The molecule has 0 aliphatic carbocycles. The highest BCUT2D eigenvalue weighted by Crippen LogP contribution is 2.40. The van der Waals surface area contributed by atoms with Gasteiger partial charge in [-0.05, 0) is 25.2 Å². The van der Waals surface area contributed by atoms with Gasteiger partial charge in [0.2, 0.25) is 0 Å². The van der Waals surface area contributed by atoms with Crippen molar-refractivity contribution in [3.05, 3.63) is 0 Å². The minimum absolute atomic E-state index is 0.462. The van der Waals surface area contributed by atoms with Crippen molar-refractivity contribution >= 4 is 5.97 Å². The summed E-state index contributed by atoms with van der Waals surface area (Å²) < 4.78 is 0. The molecule has 0 saturated carbocycles. The molecule has 0 radical (unpaired) electrons. The molecule has 2 atom stereocenters. The van der Waals surface area contributed by atoms with Crippen molar-refractivity contribution in [3.63, 3.8) is 0 Å². The van der Waals surface area contributed by atoms with Crippen LogP contribution in [0.25, 0.3) is 0 Å². The van der Waals surface area contributed by atoms with E-state index in [0.29, 0.717) is 5.92 Å². The van der Waals surface area contributed by atoms with Gasteiger partial charge >= 0.3 is 5.97 Å². The first-order valence-corrected chi connectivity index (χ1v) is 9.79. The second-order valence-corrected chi connectivity index (χ2v) is 7.15. The van der Waals surface area contributed by atoms with Gasteiger partial charge in [0.25, 0.3) is 0 Å². The van der Waals surface area contributed by atoms with Crippen molar-refractivity contribution in [2.24, 2.45) is 11.3 Å². The van der Waals surface area contributed by atoms with Crippen LogP contribution in [-0.4, -0.2) is 11.1 Å². The Labute approximate surface area is 139 Å². The Morgan fingerprint density at radius 2 is 1.45 bits per heavy atom. The van der Waals surface area contributed by atoms with E-state index in [9.17, 15) is 9.90 Å². The predicted octanol–water partition coefficient (Wildman–Crippen LogP) is 6.82. The van der Waals surface area contributed by atoms with Crippen LogP contribution >= 0.6 is 0 Å².